The molecule has 0 amide bonds. The van der Waals surface area contributed by atoms with E-state index in [2.05, 4.69) is 40.1 Å². The lowest BCUT2D eigenvalue weighted by atomic mass is 10.1. The molecular weight excluding hydrogens is 398 g/mol. The lowest BCUT2D eigenvalue weighted by Gasteiger charge is -2.37. The number of hydrogen-bond donors (Lipinski definition) is 1. The highest BCUT2D eigenvalue weighted by molar-refractivity contribution is 7.98. The molecule has 4 heterocycles. The highest BCUT2D eigenvalue weighted by atomic mass is 32.2. The van der Waals surface area contributed by atoms with E-state index in [9.17, 15) is 4.79 Å². The van der Waals surface area contributed by atoms with Crippen LogP contribution in [0.2, 0.25) is 0 Å². The number of benzene rings is 1. The van der Waals surface area contributed by atoms with Crippen LogP contribution < -0.4 is 15.8 Å². The lowest BCUT2D eigenvalue weighted by Crippen LogP contribution is -2.54. The van der Waals surface area contributed by atoms with Gasteiger partial charge in [-0.2, -0.15) is 0 Å². The molecule has 8 heteroatoms. The standard InChI is InChI=1S/C22H23N5O2S/c1-13-10-27(11-14(2)24-13)16-5-4-15-8-17(22(28)29-19(15)9-16)18-12-26-7-6-23-21(30-3)20(26)25-18/h4-9,12-14,24H,10-11H2,1-3H3/t13-,14+. The summed E-state index contributed by atoms with van der Waals surface area (Å²) in [5.74, 6) is 0. The van der Waals surface area contributed by atoms with Crippen LogP contribution in [-0.2, 0) is 0 Å². The summed E-state index contributed by atoms with van der Waals surface area (Å²) >= 11 is 1.52. The third-order valence-electron chi connectivity index (χ3n) is 5.45. The summed E-state index contributed by atoms with van der Waals surface area (Å²) in [5, 5.41) is 5.24. The molecule has 4 aromatic rings. The van der Waals surface area contributed by atoms with Crippen molar-refractivity contribution in [3.63, 3.8) is 0 Å². The minimum absolute atomic E-state index is 0.385. The maximum atomic E-state index is 12.8. The number of fused-ring (bicyclic) bond motifs is 2. The number of hydrogen-bond acceptors (Lipinski definition) is 7. The van der Waals surface area contributed by atoms with Crippen LogP contribution in [0.3, 0.4) is 0 Å². The Morgan fingerprint density at radius 2 is 2.00 bits per heavy atom. The highest BCUT2D eigenvalue weighted by Crippen LogP contribution is 2.27. The Bertz CT molecular complexity index is 1290. The van der Waals surface area contributed by atoms with Crippen molar-refractivity contribution in [3.8, 4) is 11.3 Å². The highest BCUT2D eigenvalue weighted by Gasteiger charge is 2.22. The fourth-order valence-corrected chi connectivity index (χ4v) is 4.68. The maximum absolute atomic E-state index is 12.8. The fourth-order valence-electron chi connectivity index (χ4n) is 4.18. The molecule has 2 atom stereocenters. The van der Waals surface area contributed by atoms with Crippen LogP contribution in [-0.4, -0.2) is 45.8 Å². The van der Waals surface area contributed by atoms with E-state index >= 15 is 0 Å². The lowest BCUT2D eigenvalue weighted by molar-refractivity contribution is 0.407. The van der Waals surface area contributed by atoms with Gasteiger partial charge in [0.05, 0.1) is 11.3 Å². The summed E-state index contributed by atoms with van der Waals surface area (Å²) in [5.41, 5.74) is 3.05. The van der Waals surface area contributed by atoms with Gasteiger partial charge in [0.25, 0.3) is 0 Å². The smallest absolute Gasteiger partial charge is 0.345 e. The Morgan fingerprint density at radius 1 is 1.20 bits per heavy atom. The van der Waals surface area contributed by atoms with Crippen LogP contribution in [0.4, 0.5) is 5.69 Å². The van der Waals surface area contributed by atoms with Gasteiger partial charge in [0.2, 0.25) is 0 Å². The van der Waals surface area contributed by atoms with Gasteiger partial charge >= 0.3 is 5.63 Å². The molecule has 1 fully saturated rings. The number of rotatable bonds is 3. The molecule has 0 spiro atoms. The van der Waals surface area contributed by atoms with Crippen LogP contribution in [0.25, 0.3) is 27.9 Å². The second-order valence-corrected chi connectivity index (χ2v) is 8.63. The molecule has 1 saturated heterocycles. The summed E-state index contributed by atoms with van der Waals surface area (Å²) in [6, 6.07) is 8.76. The van der Waals surface area contributed by atoms with Crippen molar-refractivity contribution in [2.24, 2.45) is 0 Å². The van der Waals surface area contributed by atoms with Crippen molar-refractivity contribution < 1.29 is 4.42 Å². The molecule has 5 rings (SSSR count). The topological polar surface area (TPSA) is 75.7 Å². The SMILES string of the molecule is CSc1nccn2cc(-c3cc4ccc(N5C[C@@H](C)N[C@@H](C)C5)cc4oc3=O)nc12. The molecule has 1 aromatic carbocycles. The molecular formula is C22H23N5O2S. The van der Waals surface area contributed by atoms with E-state index in [1.165, 1.54) is 11.8 Å². The van der Waals surface area contributed by atoms with E-state index in [0.29, 0.717) is 28.9 Å². The Kier molecular flexibility index (Phi) is 4.75. The first-order valence-electron chi connectivity index (χ1n) is 9.99. The summed E-state index contributed by atoms with van der Waals surface area (Å²) < 4.78 is 7.60. The number of thioether (sulfide) groups is 1. The van der Waals surface area contributed by atoms with E-state index in [1.807, 2.05) is 41.2 Å². The number of imidazole rings is 1. The first kappa shape index (κ1) is 19.1. The minimum Gasteiger partial charge on any atom is -0.422 e. The monoisotopic (exact) mass is 421 g/mol. The second-order valence-electron chi connectivity index (χ2n) is 7.84. The Hall–Kier alpha value is -2.84. The summed E-state index contributed by atoms with van der Waals surface area (Å²) in [7, 11) is 0. The zero-order valence-electron chi connectivity index (χ0n) is 17.1. The molecule has 1 N–H and O–H groups in total. The Balaban J connectivity index is 1.56. The van der Waals surface area contributed by atoms with Gasteiger partial charge in [0, 0.05) is 60.9 Å². The molecule has 30 heavy (non-hydrogen) atoms. The fraction of sp³-hybridized carbons (Fsp3) is 0.318. The molecule has 3 aromatic heterocycles. The number of anilines is 1. The number of piperazine rings is 1. The van der Waals surface area contributed by atoms with E-state index < -0.39 is 0 Å². The average molecular weight is 422 g/mol. The number of nitrogens with zero attached hydrogens (tertiary/aromatic N) is 4. The van der Waals surface area contributed by atoms with Crippen molar-refractivity contribution in [3.05, 3.63) is 53.3 Å². The van der Waals surface area contributed by atoms with E-state index in [0.717, 1.165) is 34.8 Å². The summed E-state index contributed by atoms with van der Waals surface area (Å²) in [4.78, 5) is 24.1. The summed E-state index contributed by atoms with van der Waals surface area (Å²) in [6.45, 7) is 6.21. The van der Waals surface area contributed by atoms with Crippen LogP contribution in [0, 0.1) is 0 Å². The van der Waals surface area contributed by atoms with Crippen molar-refractivity contribution in [1.29, 1.82) is 0 Å². The molecule has 154 valence electrons. The summed E-state index contributed by atoms with van der Waals surface area (Å²) in [6.07, 6.45) is 7.35. The predicted octanol–water partition coefficient (Wildman–Crippen LogP) is 3.41. The molecule has 0 saturated carbocycles. The van der Waals surface area contributed by atoms with Crippen molar-refractivity contribution >= 4 is 34.1 Å². The van der Waals surface area contributed by atoms with E-state index in [4.69, 9.17) is 4.42 Å². The van der Waals surface area contributed by atoms with E-state index in [-0.39, 0.29) is 5.63 Å². The van der Waals surface area contributed by atoms with Gasteiger partial charge in [-0.1, -0.05) is 0 Å². The van der Waals surface area contributed by atoms with Crippen LogP contribution >= 0.6 is 11.8 Å². The van der Waals surface area contributed by atoms with Gasteiger partial charge in [0.1, 0.15) is 10.6 Å². The Labute approximate surface area is 178 Å². The quantitative estimate of drug-likeness (QED) is 0.401. The molecule has 0 bridgehead atoms. The maximum Gasteiger partial charge on any atom is 0.345 e. The van der Waals surface area contributed by atoms with Gasteiger partial charge in [-0.3, -0.25) is 0 Å². The molecule has 1 aliphatic rings. The van der Waals surface area contributed by atoms with E-state index in [1.54, 1.807) is 6.20 Å². The van der Waals surface area contributed by atoms with Gasteiger partial charge in [-0.15, -0.1) is 11.8 Å². The first-order valence-corrected chi connectivity index (χ1v) is 11.2. The molecule has 0 unspecified atom stereocenters. The first-order chi connectivity index (χ1) is 14.5. The third-order valence-corrected chi connectivity index (χ3v) is 6.13. The van der Waals surface area contributed by atoms with Crippen LogP contribution in [0.5, 0.6) is 0 Å². The van der Waals surface area contributed by atoms with Crippen LogP contribution in [0.15, 0.2) is 57.1 Å². The van der Waals surface area contributed by atoms with Crippen LogP contribution in [0.1, 0.15) is 13.8 Å². The average Bonchev–Trinajstić information content (AvgIpc) is 3.16. The zero-order valence-corrected chi connectivity index (χ0v) is 17.9. The molecule has 1 aliphatic heterocycles. The number of nitrogens with one attached hydrogen (secondary N) is 1. The van der Waals surface area contributed by atoms with Gasteiger partial charge in [-0.05, 0) is 38.3 Å². The normalized spacial score (nSPS) is 19.6. The molecule has 0 radical (unpaired) electrons. The number of aromatic nitrogens is 3. The minimum atomic E-state index is -0.385. The largest absolute Gasteiger partial charge is 0.422 e. The third kappa shape index (κ3) is 3.36. The predicted molar refractivity (Wildman–Crippen MR) is 121 cm³/mol. The van der Waals surface area contributed by atoms with Gasteiger partial charge in [-0.25, -0.2) is 14.8 Å². The van der Waals surface area contributed by atoms with Gasteiger partial charge < -0.3 is 19.0 Å². The molecule has 7 nitrogen and oxygen atoms in total. The van der Waals surface area contributed by atoms with Crippen molar-refractivity contribution in [2.75, 3.05) is 24.2 Å². The van der Waals surface area contributed by atoms with Crippen molar-refractivity contribution in [1.82, 2.24) is 19.7 Å². The zero-order chi connectivity index (χ0) is 20.8. The van der Waals surface area contributed by atoms with Crippen molar-refractivity contribution in [2.45, 2.75) is 31.0 Å². The second kappa shape index (κ2) is 7.45. The van der Waals surface area contributed by atoms with Gasteiger partial charge in [0.15, 0.2) is 5.65 Å². The molecule has 0 aliphatic carbocycles. The Morgan fingerprint density at radius 3 is 2.77 bits per heavy atom.